The van der Waals surface area contributed by atoms with E-state index in [4.69, 9.17) is 5.73 Å². The number of hydrogen-bond acceptors (Lipinski definition) is 2. The first-order valence-corrected chi connectivity index (χ1v) is 7.31. The maximum absolute atomic E-state index is 12.0. The van der Waals surface area contributed by atoms with Crippen molar-refractivity contribution in [1.29, 1.82) is 0 Å². The number of carbonyl (C=O) groups is 1. The molecule has 1 aromatic rings. The number of anilines is 1. The molecule has 0 saturated heterocycles. The SMILES string of the molecule is Cc1cc(N)ccc1C(=O)NCCCC1CCCC1. The van der Waals surface area contributed by atoms with Crippen LogP contribution in [0.25, 0.3) is 0 Å². The van der Waals surface area contributed by atoms with Crippen LogP contribution < -0.4 is 11.1 Å². The van der Waals surface area contributed by atoms with Crippen LogP contribution in [0.15, 0.2) is 18.2 Å². The number of carbonyl (C=O) groups excluding carboxylic acids is 1. The zero-order valence-corrected chi connectivity index (χ0v) is 11.7. The molecular weight excluding hydrogens is 236 g/mol. The molecule has 1 aliphatic rings. The van der Waals surface area contributed by atoms with Gasteiger partial charge in [0, 0.05) is 17.8 Å². The van der Waals surface area contributed by atoms with E-state index in [0.29, 0.717) is 5.69 Å². The quantitative estimate of drug-likeness (QED) is 0.630. The molecule has 0 aliphatic heterocycles. The highest BCUT2D eigenvalue weighted by Crippen LogP contribution is 2.28. The number of amides is 1. The van der Waals surface area contributed by atoms with Gasteiger partial charge in [-0.15, -0.1) is 0 Å². The van der Waals surface area contributed by atoms with Crippen molar-refractivity contribution in [3.05, 3.63) is 29.3 Å². The van der Waals surface area contributed by atoms with Gasteiger partial charge in [-0.1, -0.05) is 25.7 Å². The normalized spacial score (nSPS) is 15.6. The summed E-state index contributed by atoms with van der Waals surface area (Å²) in [5.74, 6) is 0.916. The summed E-state index contributed by atoms with van der Waals surface area (Å²) in [6, 6.07) is 5.42. The van der Waals surface area contributed by atoms with Gasteiger partial charge < -0.3 is 11.1 Å². The molecule has 0 atom stereocenters. The van der Waals surface area contributed by atoms with E-state index < -0.39 is 0 Å². The Morgan fingerprint density at radius 2 is 2.11 bits per heavy atom. The molecule has 3 heteroatoms. The third-order valence-corrected chi connectivity index (χ3v) is 4.04. The summed E-state index contributed by atoms with van der Waals surface area (Å²) in [7, 11) is 0. The van der Waals surface area contributed by atoms with Crippen molar-refractivity contribution >= 4 is 11.6 Å². The van der Waals surface area contributed by atoms with Gasteiger partial charge in [-0.05, 0) is 49.4 Å². The molecule has 0 unspecified atom stereocenters. The number of aryl methyl sites for hydroxylation is 1. The van der Waals surface area contributed by atoms with Gasteiger partial charge in [0.1, 0.15) is 0 Å². The van der Waals surface area contributed by atoms with Crippen molar-refractivity contribution in [3.63, 3.8) is 0 Å². The molecule has 0 aromatic heterocycles. The van der Waals surface area contributed by atoms with Crippen molar-refractivity contribution in [2.75, 3.05) is 12.3 Å². The Hall–Kier alpha value is -1.51. The van der Waals surface area contributed by atoms with Gasteiger partial charge in [0.05, 0.1) is 0 Å². The Bertz CT molecular complexity index is 436. The Labute approximate surface area is 115 Å². The van der Waals surface area contributed by atoms with E-state index in [-0.39, 0.29) is 5.91 Å². The zero-order chi connectivity index (χ0) is 13.7. The molecule has 1 aromatic carbocycles. The first-order chi connectivity index (χ1) is 9.16. The second-order valence-corrected chi connectivity index (χ2v) is 5.62. The molecule has 1 amide bonds. The number of nitrogens with two attached hydrogens (primary N) is 1. The zero-order valence-electron chi connectivity index (χ0n) is 11.7. The lowest BCUT2D eigenvalue weighted by Crippen LogP contribution is -2.25. The highest BCUT2D eigenvalue weighted by atomic mass is 16.1. The lowest BCUT2D eigenvalue weighted by atomic mass is 10.0. The van der Waals surface area contributed by atoms with Crippen molar-refractivity contribution < 1.29 is 4.79 Å². The topological polar surface area (TPSA) is 55.1 Å². The van der Waals surface area contributed by atoms with E-state index >= 15 is 0 Å². The van der Waals surface area contributed by atoms with Gasteiger partial charge in [-0.25, -0.2) is 0 Å². The van der Waals surface area contributed by atoms with Crippen LogP contribution in [-0.2, 0) is 0 Å². The van der Waals surface area contributed by atoms with Crippen molar-refractivity contribution in [2.24, 2.45) is 5.92 Å². The summed E-state index contributed by atoms with van der Waals surface area (Å²) in [6.07, 6.45) is 7.88. The van der Waals surface area contributed by atoms with E-state index in [1.165, 1.54) is 32.1 Å². The fourth-order valence-electron chi connectivity index (χ4n) is 2.93. The minimum atomic E-state index is 0.0175. The summed E-state index contributed by atoms with van der Waals surface area (Å²) >= 11 is 0. The average molecular weight is 260 g/mol. The Kier molecular flexibility index (Phi) is 4.83. The molecule has 1 fully saturated rings. The predicted molar refractivity (Wildman–Crippen MR) is 79.1 cm³/mol. The molecule has 0 bridgehead atoms. The minimum Gasteiger partial charge on any atom is -0.399 e. The van der Waals surface area contributed by atoms with E-state index in [1.54, 1.807) is 12.1 Å². The highest BCUT2D eigenvalue weighted by Gasteiger charge is 2.14. The summed E-state index contributed by atoms with van der Waals surface area (Å²) in [6.45, 7) is 2.70. The standard InChI is InChI=1S/C16H24N2O/c1-12-11-14(17)8-9-15(12)16(19)18-10-4-7-13-5-2-3-6-13/h8-9,11,13H,2-7,10,17H2,1H3,(H,18,19). The van der Waals surface area contributed by atoms with Crippen LogP contribution in [0.1, 0.15) is 54.4 Å². The van der Waals surface area contributed by atoms with Crippen LogP contribution in [-0.4, -0.2) is 12.5 Å². The van der Waals surface area contributed by atoms with E-state index in [2.05, 4.69) is 5.32 Å². The first-order valence-electron chi connectivity index (χ1n) is 7.31. The highest BCUT2D eigenvalue weighted by molar-refractivity contribution is 5.95. The van der Waals surface area contributed by atoms with Gasteiger partial charge in [0.25, 0.3) is 5.91 Å². The monoisotopic (exact) mass is 260 g/mol. The third-order valence-electron chi connectivity index (χ3n) is 4.04. The summed E-state index contributed by atoms with van der Waals surface area (Å²) in [5.41, 5.74) is 8.06. The van der Waals surface area contributed by atoms with Crippen LogP contribution >= 0.6 is 0 Å². The molecule has 3 N–H and O–H groups in total. The lowest BCUT2D eigenvalue weighted by molar-refractivity contribution is 0.0952. The largest absolute Gasteiger partial charge is 0.399 e. The van der Waals surface area contributed by atoms with Gasteiger partial charge in [0.15, 0.2) is 0 Å². The van der Waals surface area contributed by atoms with Crippen LogP contribution in [0.4, 0.5) is 5.69 Å². The van der Waals surface area contributed by atoms with Crippen molar-refractivity contribution in [3.8, 4) is 0 Å². The Balaban J connectivity index is 1.74. The Morgan fingerprint density at radius 3 is 2.79 bits per heavy atom. The number of nitrogens with one attached hydrogen (secondary N) is 1. The fraction of sp³-hybridized carbons (Fsp3) is 0.562. The predicted octanol–water partition coefficient (Wildman–Crippen LogP) is 3.28. The maximum Gasteiger partial charge on any atom is 0.251 e. The molecule has 1 saturated carbocycles. The molecule has 0 spiro atoms. The van der Waals surface area contributed by atoms with E-state index in [1.807, 2.05) is 13.0 Å². The summed E-state index contributed by atoms with van der Waals surface area (Å²) in [5, 5.41) is 3.00. The number of benzene rings is 1. The second kappa shape index (κ2) is 6.60. The third kappa shape index (κ3) is 3.98. The molecule has 0 radical (unpaired) electrons. The van der Waals surface area contributed by atoms with E-state index in [0.717, 1.165) is 30.0 Å². The number of hydrogen-bond donors (Lipinski definition) is 2. The molecule has 0 heterocycles. The summed E-state index contributed by atoms with van der Waals surface area (Å²) in [4.78, 5) is 12.0. The van der Waals surface area contributed by atoms with Crippen LogP contribution in [0.5, 0.6) is 0 Å². The molecule has 2 rings (SSSR count). The molecular formula is C16H24N2O. The van der Waals surface area contributed by atoms with Crippen molar-refractivity contribution in [1.82, 2.24) is 5.32 Å². The minimum absolute atomic E-state index is 0.0175. The van der Waals surface area contributed by atoms with Crippen LogP contribution in [0.2, 0.25) is 0 Å². The van der Waals surface area contributed by atoms with Crippen molar-refractivity contribution in [2.45, 2.75) is 45.4 Å². The Morgan fingerprint density at radius 1 is 1.37 bits per heavy atom. The molecule has 1 aliphatic carbocycles. The summed E-state index contributed by atoms with van der Waals surface area (Å²) < 4.78 is 0. The fourth-order valence-corrected chi connectivity index (χ4v) is 2.93. The average Bonchev–Trinajstić information content (AvgIpc) is 2.87. The molecule has 104 valence electrons. The van der Waals surface area contributed by atoms with Crippen LogP contribution in [0, 0.1) is 12.8 Å². The smallest absolute Gasteiger partial charge is 0.251 e. The maximum atomic E-state index is 12.0. The number of rotatable bonds is 5. The second-order valence-electron chi connectivity index (χ2n) is 5.62. The van der Waals surface area contributed by atoms with E-state index in [9.17, 15) is 4.79 Å². The van der Waals surface area contributed by atoms with Gasteiger partial charge in [0.2, 0.25) is 0 Å². The first kappa shape index (κ1) is 13.9. The molecule has 3 nitrogen and oxygen atoms in total. The molecule has 19 heavy (non-hydrogen) atoms. The van der Waals surface area contributed by atoms with Gasteiger partial charge in [-0.3, -0.25) is 4.79 Å². The van der Waals surface area contributed by atoms with Gasteiger partial charge in [-0.2, -0.15) is 0 Å². The van der Waals surface area contributed by atoms with Crippen LogP contribution in [0.3, 0.4) is 0 Å². The lowest BCUT2D eigenvalue weighted by Gasteiger charge is -2.10. The number of nitrogen functional groups attached to an aromatic ring is 1. The van der Waals surface area contributed by atoms with Gasteiger partial charge >= 0.3 is 0 Å².